The van der Waals surface area contributed by atoms with Gasteiger partial charge in [0.1, 0.15) is 0 Å². The van der Waals surface area contributed by atoms with E-state index in [0.717, 1.165) is 54.9 Å². The maximum atomic E-state index is 6.66. The smallest absolute Gasteiger partial charge is 0.0316 e. The number of hydrogen-bond acceptors (Lipinski definition) is 2. The molecule has 0 aliphatic heterocycles. The van der Waals surface area contributed by atoms with Crippen molar-refractivity contribution >= 4 is 0 Å². The average molecular weight is 431 g/mol. The lowest BCUT2D eigenvalue weighted by Gasteiger charge is -2.53. The Hall–Kier alpha value is -2.22. The third kappa shape index (κ3) is 3.47. The van der Waals surface area contributed by atoms with E-state index in [0.29, 0.717) is 17.5 Å². The molecule has 4 aliphatic rings. The van der Waals surface area contributed by atoms with Gasteiger partial charge in [-0.3, -0.25) is 0 Å². The van der Waals surface area contributed by atoms with Gasteiger partial charge < -0.3 is 11.5 Å². The van der Waals surface area contributed by atoms with Gasteiger partial charge in [0, 0.05) is 22.9 Å². The van der Waals surface area contributed by atoms with Gasteiger partial charge in [-0.15, -0.1) is 0 Å². The topological polar surface area (TPSA) is 52.0 Å². The lowest BCUT2D eigenvalue weighted by molar-refractivity contribution is 0.215. The van der Waals surface area contributed by atoms with Crippen molar-refractivity contribution in [1.29, 1.82) is 0 Å². The monoisotopic (exact) mass is 430 g/mol. The van der Waals surface area contributed by atoms with Crippen LogP contribution in [0.2, 0.25) is 0 Å². The summed E-state index contributed by atoms with van der Waals surface area (Å²) < 4.78 is 0. The zero-order valence-corrected chi connectivity index (χ0v) is 21.0. The van der Waals surface area contributed by atoms with Crippen LogP contribution in [0, 0.1) is 23.2 Å². The first-order valence-electron chi connectivity index (χ1n) is 12.4. The highest BCUT2D eigenvalue weighted by atomic mass is 14.6. The van der Waals surface area contributed by atoms with Crippen LogP contribution in [0.1, 0.15) is 79.6 Å². The van der Waals surface area contributed by atoms with Crippen molar-refractivity contribution in [2.75, 3.05) is 0 Å². The highest BCUT2D eigenvalue weighted by Crippen LogP contribution is 2.62. The summed E-state index contributed by atoms with van der Waals surface area (Å²) in [6, 6.07) is 0. The fourth-order valence-corrected chi connectivity index (χ4v) is 7.46. The summed E-state index contributed by atoms with van der Waals surface area (Å²) in [6.45, 7) is 24.9. The van der Waals surface area contributed by atoms with Crippen molar-refractivity contribution in [3.05, 3.63) is 81.3 Å². The van der Waals surface area contributed by atoms with Gasteiger partial charge in [-0.25, -0.2) is 0 Å². The Balaban J connectivity index is 1.83. The molecule has 172 valence electrons. The molecular weight excluding hydrogens is 388 g/mol. The second-order valence-corrected chi connectivity index (χ2v) is 11.5. The summed E-state index contributed by atoms with van der Waals surface area (Å²) >= 11 is 0. The Kier molecular flexibility index (Phi) is 5.72. The molecule has 0 aromatic carbocycles. The molecule has 2 nitrogen and oxygen atoms in total. The zero-order chi connectivity index (χ0) is 23.5. The molecule has 1 saturated carbocycles. The minimum atomic E-state index is 0.111. The number of nitrogens with two attached hydrogens (primary N) is 2. The first kappa shape index (κ1) is 23.0. The minimum absolute atomic E-state index is 0.111. The van der Waals surface area contributed by atoms with Crippen molar-refractivity contribution < 1.29 is 0 Å². The Morgan fingerprint density at radius 3 is 2.50 bits per heavy atom. The molecule has 32 heavy (non-hydrogen) atoms. The molecule has 0 radical (unpaired) electrons. The fraction of sp³-hybridized carbons (Fsp3) is 0.533. The van der Waals surface area contributed by atoms with Crippen LogP contribution in [-0.4, -0.2) is 0 Å². The quantitative estimate of drug-likeness (QED) is 0.488. The Morgan fingerprint density at radius 1 is 1.19 bits per heavy atom. The molecule has 2 heteroatoms. The van der Waals surface area contributed by atoms with E-state index in [4.69, 9.17) is 11.5 Å². The molecule has 4 N–H and O–H groups in total. The van der Waals surface area contributed by atoms with Crippen molar-refractivity contribution in [2.45, 2.75) is 79.6 Å². The molecular formula is C30H42N2. The first-order valence-corrected chi connectivity index (χ1v) is 12.4. The van der Waals surface area contributed by atoms with Gasteiger partial charge >= 0.3 is 0 Å². The lowest BCUT2D eigenvalue weighted by Crippen LogP contribution is -2.41. The van der Waals surface area contributed by atoms with E-state index in [9.17, 15) is 0 Å². The summed E-state index contributed by atoms with van der Waals surface area (Å²) in [7, 11) is 0. The Labute approximate surface area is 195 Å². The summed E-state index contributed by atoms with van der Waals surface area (Å²) in [5.74, 6) is 1.61. The van der Waals surface area contributed by atoms with Gasteiger partial charge in [0.2, 0.25) is 0 Å². The van der Waals surface area contributed by atoms with E-state index in [1.807, 2.05) is 0 Å². The lowest BCUT2D eigenvalue weighted by atomic mass is 9.51. The summed E-state index contributed by atoms with van der Waals surface area (Å²) in [4.78, 5) is 0. The molecule has 0 saturated heterocycles. The van der Waals surface area contributed by atoms with Crippen molar-refractivity contribution in [1.82, 2.24) is 0 Å². The van der Waals surface area contributed by atoms with Crippen molar-refractivity contribution in [3.8, 4) is 0 Å². The van der Waals surface area contributed by atoms with Crippen LogP contribution in [0.15, 0.2) is 81.3 Å². The maximum absolute atomic E-state index is 6.66. The largest absolute Gasteiger partial charge is 0.402 e. The van der Waals surface area contributed by atoms with Crippen LogP contribution < -0.4 is 11.5 Å². The van der Waals surface area contributed by atoms with E-state index < -0.39 is 0 Å². The molecule has 0 aromatic rings. The van der Waals surface area contributed by atoms with E-state index in [2.05, 4.69) is 54.4 Å². The zero-order valence-electron chi connectivity index (χ0n) is 21.0. The standard InChI is InChI=1S/C30H42N2/c1-16(2)9-10-22-11-12-25(32)28-20(6)29-19(5)27-18(4)26(21(7)31)17(3)13-23(27)14-30(29,8)15-24(22)28/h16,23,27H,4,6-7,9-15,31-32H2,1-3,5,8H3. The second kappa shape index (κ2) is 7.97. The summed E-state index contributed by atoms with van der Waals surface area (Å²) in [5, 5.41) is 0. The van der Waals surface area contributed by atoms with E-state index >= 15 is 0 Å². The highest BCUT2D eigenvalue weighted by molar-refractivity contribution is 5.67. The predicted octanol–water partition coefficient (Wildman–Crippen LogP) is 7.39. The van der Waals surface area contributed by atoms with Crippen LogP contribution in [0.4, 0.5) is 0 Å². The van der Waals surface area contributed by atoms with Gasteiger partial charge in [-0.1, -0.05) is 57.2 Å². The highest BCUT2D eigenvalue weighted by Gasteiger charge is 2.49. The summed E-state index contributed by atoms with van der Waals surface area (Å²) in [6.07, 6.45) is 7.86. The molecule has 0 spiro atoms. The molecule has 0 amide bonds. The van der Waals surface area contributed by atoms with Crippen LogP contribution in [0.25, 0.3) is 0 Å². The molecule has 4 rings (SSSR count). The van der Waals surface area contributed by atoms with E-state index in [1.165, 1.54) is 46.3 Å². The van der Waals surface area contributed by atoms with Crippen molar-refractivity contribution in [2.24, 2.45) is 34.6 Å². The van der Waals surface area contributed by atoms with Gasteiger partial charge in [0.05, 0.1) is 0 Å². The van der Waals surface area contributed by atoms with Gasteiger partial charge in [0.15, 0.2) is 0 Å². The SMILES string of the molecule is C=C(N)C1=C(C)CC2CC3(C)CC4=C(CCC(C)C)CCC(N)=C4C(=C)C3=C(C)C2C1=C. The van der Waals surface area contributed by atoms with Gasteiger partial charge in [-0.2, -0.15) is 0 Å². The third-order valence-electron chi connectivity index (χ3n) is 8.60. The van der Waals surface area contributed by atoms with Crippen LogP contribution >= 0.6 is 0 Å². The molecule has 1 fully saturated rings. The average Bonchev–Trinajstić information content (AvgIpc) is 2.65. The molecule has 3 unspecified atom stereocenters. The van der Waals surface area contributed by atoms with E-state index in [-0.39, 0.29) is 5.41 Å². The number of rotatable bonds is 4. The van der Waals surface area contributed by atoms with Crippen LogP contribution in [-0.2, 0) is 0 Å². The van der Waals surface area contributed by atoms with Crippen LogP contribution in [0.3, 0.4) is 0 Å². The molecule has 3 atom stereocenters. The van der Waals surface area contributed by atoms with E-state index in [1.54, 1.807) is 5.57 Å². The minimum Gasteiger partial charge on any atom is -0.402 e. The molecule has 0 heterocycles. The second-order valence-electron chi connectivity index (χ2n) is 11.5. The Bertz CT molecular complexity index is 1040. The maximum Gasteiger partial charge on any atom is 0.0316 e. The molecule has 0 aromatic heterocycles. The summed E-state index contributed by atoms with van der Waals surface area (Å²) in [5.41, 5.74) is 26.7. The molecule has 0 bridgehead atoms. The number of allylic oxidation sites excluding steroid dienone is 9. The van der Waals surface area contributed by atoms with Crippen LogP contribution in [0.5, 0.6) is 0 Å². The molecule has 4 aliphatic carbocycles. The van der Waals surface area contributed by atoms with Gasteiger partial charge in [-0.05, 0) is 104 Å². The number of hydrogen-bond donors (Lipinski definition) is 2. The number of fused-ring (bicyclic) bond motifs is 3. The Morgan fingerprint density at radius 2 is 1.88 bits per heavy atom. The third-order valence-corrected chi connectivity index (χ3v) is 8.60. The van der Waals surface area contributed by atoms with Crippen molar-refractivity contribution in [3.63, 3.8) is 0 Å². The van der Waals surface area contributed by atoms with Gasteiger partial charge in [0.25, 0.3) is 0 Å². The fourth-order valence-electron chi connectivity index (χ4n) is 7.46. The first-order chi connectivity index (χ1) is 15.0. The normalized spacial score (nSPS) is 30.7. The predicted molar refractivity (Wildman–Crippen MR) is 137 cm³/mol.